The highest BCUT2D eigenvalue weighted by molar-refractivity contribution is 9.10. The van der Waals surface area contributed by atoms with Gasteiger partial charge >= 0.3 is 6.18 Å². The maximum atomic E-state index is 13.3. The number of aromatic nitrogens is 2. The molecule has 1 aromatic rings. The standard InChI is InChI=1S/C22H36BrF3N4O/c1-4-6-8-12-29(13-9-7-5-2)14-16(3)27-18(31)15-30-20(17-10-11-17)19(23)21(28-30)22(24,25)26/h16-17H,4-15H2,1-3H3,(H,27,31). The van der Waals surface area contributed by atoms with Crippen molar-refractivity contribution in [2.24, 2.45) is 0 Å². The fourth-order valence-electron chi connectivity index (χ4n) is 3.86. The Morgan fingerprint density at radius 2 is 1.77 bits per heavy atom. The highest BCUT2D eigenvalue weighted by Crippen LogP contribution is 2.46. The van der Waals surface area contributed by atoms with Gasteiger partial charge in [0.05, 0.1) is 10.2 Å². The van der Waals surface area contributed by atoms with Crippen LogP contribution >= 0.6 is 15.9 Å². The lowest BCUT2D eigenvalue weighted by molar-refractivity contribution is -0.142. The number of hydrogen-bond donors (Lipinski definition) is 1. The first-order valence-electron chi connectivity index (χ1n) is 11.5. The van der Waals surface area contributed by atoms with Gasteiger partial charge in [-0.15, -0.1) is 0 Å². The van der Waals surface area contributed by atoms with E-state index in [2.05, 4.69) is 45.1 Å². The van der Waals surface area contributed by atoms with Gasteiger partial charge < -0.3 is 10.2 Å². The van der Waals surface area contributed by atoms with E-state index in [0.29, 0.717) is 5.69 Å². The van der Waals surface area contributed by atoms with Crippen LogP contribution in [-0.4, -0.2) is 46.3 Å². The molecule has 31 heavy (non-hydrogen) atoms. The summed E-state index contributed by atoms with van der Waals surface area (Å²) in [7, 11) is 0. The van der Waals surface area contributed by atoms with Gasteiger partial charge in [-0.3, -0.25) is 9.48 Å². The molecule has 2 rings (SSSR count). The number of hydrogen-bond acceptors (Lipinski definition) is 3. The second-order valence-electron chi connectivity index (χ2n) is 8.66. The molecule has 1 amide bonds. The van der Waals surface area contributed by atoms with Crippen LogP contribution in [-0.2, 0) is 17.5 Å². The summed E-state index contributed by atoms with van der Waals surface area (Å²) >= 11 is 3.07. The molecule has 0 bridgehead atoms. The lowest BCUT2D eigenvalue weighted by Crippen LogP contribution is -2.44. The molecule has 1 unspecified atom stereocenters. The second kappa shape index (κ2) is 12.2. The van der Waals surface area contributed by atoms with Gasteiger partial charge in [-0.25, -0.2) is 0 Å². The molecule has 1 aromatic heterocycles. The largest absolute Gasteiger partial charge is 0.436 e. The average molecular weight is 509 g/mol. The van der Waals surface area contributed by atoms with Crippen molar-refractivity contribution < 1.29 is 18.0 Å². The molecule has 1 aliphatic carbocycles. The smallest absolute Gasteiger partial charge is 0.351 e. The molecule has 5 nitrogen and oxygen atoms in total. The second-order valence-corrected chi connectivity index (χ2v) is 9.45. The predicted molar refractivity (Wildman–Crippen MR) is 120 cm³/mol. The number of alkyl halides is 3. The van der Waals surface area contributed by atoms with Crippen molar-refractivity contribution in [3.8, 4) is 0 Å². The molecule has 9 heteroatoms. The van der Waals surface area contributed by atoms with E-state index in [9.17, 15) is 18.0 Å². The third kappa shape index (κ3) is 8.40. The Kier molecular flexibility index (Phi) is 10.3. The van der Waals surface area contributed by atoms with E-state index in [1.54, 1.807) is 0 Å². The van der Waals surface area contributed by atoms with Gasteiger partial charge in [-0.05, 0) is 61.6 Å². The van der Waals surface area contributed by atoms with Crippen LogP contribution in [0.2, 0.25) is 0 Å². The molecule has 1 heterocycles. The maximum Gasteiger partial charge on any atom is 0.436 e. The molecule has 1 saturated carbocycles. The maximum absolute atomic E-state index is 13.3. The predicted octanol–water partition coefficient (Wildman–Crippen LogP) is 5.73. The lowest BCUT2D eigenvalue weighted by atomic mass is 10.2. The summed E-state index contributed by atoms with van der Waals surface area (Å²) < 4.78 is 41.0. The van der Waals surface area contributed by atoms with Crippen molar-refractivity contribution in [3.63, 3.8) is 0 Å². The summed E-state index contributed by atoms with van der Waals surface area (Å²) in [5.74, 6) is -0.268. The fourth-order valence-corrected chi connectivity index (χ4v) is 4.69. The third-order valence-electron chi connectivity index (χ3n) is 5.55. The zero-order valence-electron chi connectivity index (χ0n) is 18.9. The number of carbonyl (C=O) groups excluding carboxylic acids is 1. The fraction of sp³-hybridized carbons (Fsp3) is 0.818. The Hall–Kier alpha value is -1.09. The van der Waals surface area contributed by atoms with E-state index in [-0.39, 0.29) is 28.9 Å². The molecule has 0 radical (unpaired) electrons. The summed E-state index contributed by atoms with van der Waals surface area (Å²) in [6.45, 7) is 8.86. The van der Waals surface area contributed by atoms with Crippen LogP contribution in [0.4, 0.5) is 13.2 Å². The van der Waals surface area contributed by atoms with Crippen molar-refractivity contribution in [1.29, 1.82) is 0 Å². The Labute approximate surface area is 192 Å². The van der Waals surface area contributed by atoms with Gasteiger partial charge in [0, 0.05) is 18.5 Å². The average Bonchev–Trinajstić information content (AvgIpc) is 3.44. The van der Waals surface area contributed by atoms with Gasteiger partial charge in [0.15, 0.2) is 5.69 Å². The minimum absolute atomic E-state index is 0.0265. The quantitative estimate of drug-likeness (QED) is 0.326. The van der Waals surface area contributed by atoms with E-state index < -0.39 is 11.9 Å². The number of rotatable bonds is 14. The first-order chi connectivity index (χ1) is 14.7. The summed E-state index contributed by atoms with van der Waals surface area (Å²) in [5, 5.41) is 6.68. The molecule has 1 aliphatic rings. The zero-order valence-corrected chi connectivity index (χ0v) is 20.5. The van der Waals surface area contributed by atoms with Crippen LogP contribution in [0, 0.1) is 0 Å². The van der Waals surface area contributed by atoms with Crippen molar-refractivity contribution in [1.82, 2.24) is 20.0 Å². The number of halogens is 4. The molecule has 0 aliphatic heterocycles. The Morgan fingerprint density at radius 3 is 2.26 bits per heavy atom. The van der Waals surface area contributed by atoms with Gasteiger partial charge in [0.25, 0.3) is 0 Å². The van der Waals surface area contributed by atoms with E-state index in [0.717, 1.165) is 58.2 Å². The molecule has 1 atom stereocenters. The minimum atomic E-state index is -4.55. The molecule has 178 valence electrons. The Morgan fingerprint density at radius 1 is 1.19 bits per heavy atom. The Balaban J connectivity index is 1.96. The van der Waals surface area contributed by atoms with Crippen LogP contribution in [0.5, 0.6) is 0 Å². The van der Waals surface area contributed by atoms with Gasteiger partial charge in [-0.1, -0.05) is 39.5 Å². The van der Waals surface area contributed by atoms with Gasteiger partial charge in [0.1, 0.15) is 6.54 Å². The number of amides is 1. The van der Waals surface area contributed by atoms with Crippen molar-refractivity contribution in [2.45, 2.75) is 96.8 Å². The topological polar surface area (TPSA) is 50.2 Å². The van der Waals surface area contributed by atoms with Crippen molar-refractivity contribution >= 4 is 21.8 Å². The summed E-state index contributed by atoms with van der Waals surface area (Å²) in [5.41, 5.74) is -0.468. The lowest BCUT2D eigenvalue weighted by Gasteiger charge is -2.26. The first-order valence-corrected chi connectivity index (χ1v) is 12.3. The van der Waals surface area contributed by atoms with E-state index >= 15 is 0 Å². The molecule has 0 saturated heterocycles. The minimum Gasteiger partial charge on any atom is -0.351 e. The van der Waals surface area contributed by atoms with Crippen LogP contribution in [0.15, 0.2) is 4.47 Å². The Bertz CT molecular complexity index is 694. The van der Waals surface area contributed by atoms with Gasteiger partial charge in [0.2, 0.25) is 5.91 Å². The van der Waals surface area contributed by atoms with Crippen LogP contribution in [0.1, 0.15) is 89.4 Å². The van der Waals surface area contributed by atoms with Crippen LogP contribution < -0.4 is 5.32 Å². The van der Waals surface area contributed by atoms with Crippen LogP contribution in [0.25, 0.3) is 0 Å². The number of nitrogens with zero attached hydrogens (tertiary/aromatic N) is 3. The molecular weight excluding hydrogens is 473 g/mol. The molecular formula is C22H36BrF3N4O. The summed E-state index contributed by atoms with van der Waals surface area (Å²) in [6, 6.07) is -0.0822. The summed E-state index contributed by atoms with van der Waals surface area (Å²) in [4.78, 5) is 15.0. The number of nitrogens with one attached hydrogen (secondary N) is 1. The molecule has 0 aromatic carbocycles. The summed E-state index contributed by atoms with van der Waals surface area (Å²) in [6.07, 6.45) is 4.07. The van der Waals surface area contributed by atoms with Crippen LogP contribution in [0.3, 0.4) is 0 Å². The molecule has 0 spiro atoms. The molecule has 1 N–H and O–H groups in total. The monoisotopic (exact) mass is 508 g/mol. The zero-order chi connectivity index (χ0) is 23.0. The first kappa shape index (κ1) is 26.2. The van der Waals surface area contributed by atoms with E-state index in [1.165, 1.54) is 17.5 Å². The van der Waals surface area contributed by atoms with Gasteiger partial charge in [-0.2, -0.15) is 18.3 Å². The number of unbranched alkanes of at least 4 members (excludes halogenated alkanes) is 4. The SMILES string of the molecule is CCCCCN(CCCCC)CC(C)NC(=O)Cn1nc(C(F)(F)F)c(Br)c1C1CC1. The van der Waals surface area contributed by atoms with E-state index in [1.807, 2.05) is 6.92 Å². The third-order valence-corrected chi connectivity index (χ3v) is 6.33. The highest BCUT2D eigenvalue weighted by Gasteiger charge is 2.42. The van der Waals surface area contributed by atoms with Crippen molar-refractivity contribution in [3.05, 3.63) is 15.9 Å². The van der Waals surface area contributed by atoms with E-state index in [4.69, 9.17) is 0 Å². The number of carbonyl (C=O) groups is 1. The normalized spacial score (nSPS) is 15.5. The molecule has 1 fully saturated rings. The van der Waals surface area contributed by atoms with Crippen molar-refractivity contribution in [2.75, 3.05) is 19.6 Å². The highest BCUT2D eigenvalue weighted by atomic mass is 79.9.